The minimum absolute atomic E-state index is 0.659. The van der Waals surface area contributed by atoms with E-state index >= 15 is 0 Å². The minimum atomic E-state index is 0.659. The van der Waals surface area contributed by atoms with Crippen LogP contribution < -0.4 is 5.32 Å². The predicted octanol–water partition coefficient (Wildman–Crippen LogP) is 2.11. The number of nitrogens with zero attached hydrogens (tertiary/aromatic N) is 1. The van der Waals surface area contributed by atoms with Crippen molar-refractivity contribution in [1.82, 2.24) is 10.3 Å². The van der Waals surface area contributed by atoms with Crippen LogP contribution in [-0.4, -0.2) is 12.1 Å². The topological polar surface area (TPSA) is 47.3 Å². The Hall–Kier alpha value is -1.65. The molecule has 1 heterocycles. The molecule has 1 aromatic carbocycles. The van der Waals surface area contributed by atoms with E-state index < -0.39 is 0 Å². The summed E-state index contributed by atoms with van der Waals surface area (Å²) in [4.78, 5) is 4.04. The van der Waals surface area contributed by atoms with Crippen molar-refractivity contribution in [3.8, 4) is 0 Å². The van der Waals surface area contributed by atoms with Crippen LogP contribution in [0.5, 0.6) is 0 Å². The van der Waals surface area contributed by atoms with E-state index in [4.69, 9.17) is 9.15 Å². The van der Waals surface area contributed by atoms with Crippen molar-refractivity contribution in [2.45, 2.75) is 19.7 Å². The quantitative estimate of drug-likeness (QED) is 0.828. The SMILES string of the molecule is COCc1ccc(CNCc2cocn2)cc1. The Morgan fingerprint density at radius 1 is 1.18 bits per heavy atom. The Balaban J connectivity index is 1.79. The third-order valence-electron chi connectivity index (χ3n) is 2.45. The average molecular weight is 232 g/mol. The molecule has 2 aromatic rings. The molecule has 4 heteroatoms. The Labute approximate surface area is 101 Å². The molecule has 0 unspecified atom stereocenters. The summed E-state index contributed by atoms with van der Waals surface area (Å²) in [7, 11) is 1.70. The van der Waals surface area contributed by atoms with Crippen LogP contribution in [0.2, 0.25) is 0 Å². The van der Waals surface area contributed by atoms with Crippen LogP contribution in [0.3, 0.4) is 0 Å². The maximum Gasteiger partial charge on any atom is 0.180 e. The summed E-state index contributed by atoms with van der Waals surface area (Å²) in [5.74, 6) is 0. The van der Waals surface area contributed by atoms with Crippen LogP contribution in [0.25, 0.3) is 0 Å². The summed E-state index contributed by atoms with van der Waals surface area (Å²) in [5, 5.41) is 3.30. The number of hydrogen-bond acceptors (Lipinski definition) is 4. The van der Waals surface area contributed by atoms with Crippen molar-refractivity contribution in [3.05, 3.63) is 53.7 Å². The zero-order valence-corrected chi connectivity index (χ0v) is 9.85. The summed E-state index contributed by atoms with van der Waals surface area (Å²) in [6.45, 7) is 2.20. The van der Waals surface area contributed by atoms with Crippen LogP contribution in [0.15, 0.2) is 41.3 Å². The van der Waals surface area contributed by atoms with Gasteiger partial charge in [0, 0.05) is 20.2 Å². The van der Waals surface area contributed by atoms with Crippen LogP contribution in [0, 0.1) is 0 Å². The van der Waals surface area contributed by atoms with E-state index in [1.165, 1.54) is 17.5 Å². The number of rotatable bonds is 6. The van der Waals surface area contributed by atoms with Gasteiger partial charge in [0.15, 0.2) is 6.39 Å². The normalized spacial score (nSPS) is 10.6. The molecule has 0 saturated carbocycles. The van der Waals surface area contributed by atoms with Gasteiger partial charge in [0.25, 0.3) is 0 Å². The van der Waals surface area contributed by atoms with Crippen LogP contribution in [0.1, 0.15) is 16.8 Å². The molecule has 1 aromatic heterocycles. The molecule has 90 valence electrons. The lowest BCUT2D eigenvalue weighted by atomic mass is 10.1. The summed E-state index contributed by atoms with van der Waals surface area (Å²) >= 11 is 0. The van der Waals surface area contributed by atoms with Gasteiger partial charge in [-0.05, 0) is 11.1 Å². The highest BCUT2D eigenvalue weighted by molar-refractivity contribution is 5.21. The summed E-state index contributed by atoms with van der Waals surface area (Å²) < 4.78 is 9.96. The first-order chi connectivity index (χ1) is 8.38. The van der Waals surface area contributed by atoms with Crippen LogP contribution in [0.4, 0.5) is 0 Å². The largest absolute Gasteiger partial charge is 0.451 e. The van der Waals surface area contributed by atoms with Gasteiger partial charge in [-0.25, -0.2) is 4.98 Å². The molecule has 0 aliphatic heterocycles. The van der Waals surface area contributed by atoms with Crippen LogP contribution >= 0.6 is 0 Å². The molecule has 0 aliphatic carbocycles. The molecular weight excluding hydrogens is 216 g/mol. The van der Waals surface area contributed by atoms with E-state index in [1.54, 1.807) is 13.4 Å². The Kier molecular flexibility index (Phi) is 4.30. The monoisotopic (exact) mass is 232 g/mol. The number of hydrogen-bond donors (Lipinski definition) is 1. The van der Waals surface area contributed by atoms with E-state index in [2.05, 4.69) is 34.6 Å². The van der Waals surface area contributed by atoms with E-state index in [0.29, 0.717) is 6.61 Å². The van der Waals surface area contributed by atoms with Gasteiger partial charge < -0.3 is 14.5 Å². The lowest BCUT2D eigenvalue weighted by Crippen LogP contribution is -2.12. The van der Waals surface area contributed by atoms with Gasteiger partial charge in [0.2, 0.25) is 0 Å². The number of oxazole rings is 1. The van der Waals surface area contributed by atoms with Crippen molar-refractivity contribution in [2.75, 3.05) is 7.11 Å². The molecule has 0 amide bonds. The Bertz CT molecular complexity index is 423. The first-order valence-corrected chi connectivity index (χ1v) is 5.53. The number of nitrogens with one attached hydrogen (secondary N) is 1. The Morgan fingerprint density at radius 3 is 2.59 bits per heavy atom. The molecule has 0 saturated heterocycles. The van der Waals surface area contributed by atoms with Gasteiger partial charge in [-0.15, -0.1) is 0 Å². The summed E-state index contributed by atoms with van der Waals surface area (Å²) in [5.41, 5.74) is 3.35. The molecule has 17 heavy (non-hydrogen) atoms. The van der Waals surface area contributed by atoms with Gasteiger partial charge in [0.05, 0.1) is 12.3 Å². The molecule has 0 aliphatic rings. The third-order valence-corrected chi connectivity index (χ3v) is 2.45. The highest BCUT2D eigenvalue weighted by atomic mass is 16.5. The molecule has 1 N–H and O–H groups in total. The Morgan fingerprint density at radius 2 is 1.94 bits per heavy atom. The average Bonchev–Trinajstić information content (AvgIpc) is 2.85. The van der Waals surface area contributed by atoms with Crippen molar-refractivity contribution in [1.29, 1.82) is 0 Å². The summed E-state index contributed by atoms with van der Waals surface area (Å²) in [6, 6.07) is 8.36. The number of ether oxygens (including phenoxy) is 1. The van der Waals surface area contributed by atoms with Crippen LogP contribution in [-0.2, 0) is 24.4 Å². The van der Waals surface area contributed by atoms with Gasteiger partial charge in [0.1, 0.15) is 6.26 Å². The fourth-order valence-corrected chi connectivity index (χ4v) is 1.58. The second kappa shape index (κ2) is 6.18. The lowest BCUT2D eigenvalue weighted by molar-refractivity contribution is 0.185. The number of benzene rings is 1. The van der Waals surface area contributed by atoms with E-state index in [9.17, 15) is 0 Å². The van der Waals surface area contributed by atoms with E-state index in [0.717, 1.165) is 18.8 Å². The summed E-state index contributed by atoms with van der Waals surface area (Å²) in [6.07, 6.45) is 3.09. The zero-order valence-electron chi connectivity index (χ0n) is 9.85. The van der Waals surface area contributed by atoms with E-state index in [1.807, 2.05) is 0 Å². The fraction of sp³-hybridized carbons (Fsp3) is 0.308. The molecule has 0 atom stereocenters. The van der Waals surface area contributed by atoms with Gasteiger partial charge in [-0.1, -0.05) is 24.3 Å². The lowest BCUT2D eigenvalue weighted by Gasteiger charge is -2.04. The molecule has 4 nitrogen and oxygen atoms in total. The molecular formula is C13H16N2O2. The van der Waals surface area contributed by atoms with Gasteiger partial charge in [-0.2, -0.15) is 0 Å². The van der Waals surface area contributed by atoms with Crippen molar-refractivity contribution in [3.63, 3.8) is 0 Å². The predicted molar refractivity (Wildman–Crippen MR) is 64.2 cm³/mol. The fourth-order valence-electron chi connectivity index (χ4n) is 1.58. The van der Waals surface area contributed by atoms with Crippen molar-refractivity contribution >= 4 is 0 Å². The molecule has 0 spiro atoms. The minimum Gasteiger partial charge on any atom is -0.451 e. The standard InChI is InChI=1S/C13H16N2O2/c1-16-8-12-4-2-11(3-5-12)6-14-7-13-9-17-10-15-13/h2-5,9-10,14H,6-8H2,1H3. The highest BCUT2D eigenvalue weighted by Crippen LogP contribution is 2.05. The number of methoxy groups -OCH3 is 1. The van der Waals surface area contributed by atoms with Gasteiger partial charge in [-0.3, -0.25) is 0 Å². The number of aromatic nitrogens is 1. The first kappa shape index (κ1) is 11.8. The van der Waals surface area contributed by atoms with Crippen molar-refractivity contribution < 1.29 is 9.15 Å². The molecule has 0 radical (unpaired) electrons. The molecule has 0 fully saturated rings. The van der Waals surface area contributed by atoms with Crippen molar-refractivity contribution in [2.24, 2.45) is 0 Å². The highest BCUT2D eigenvalue weighted by Gasteiger charge is 1.97. The smallest absolute Gasteiger partial charge is 0.180 e. The second-order valence-electron chi connectivity index (χ2n) is 3.83. The zero-order chi connectivity index (χ0) is 11.9. The first-order valence-electron chi connectivity index (χ1n) is 5.53. The van der Waals surface area contributed by atoms with Gasteiger partial charge >= 0.3 is 0 Å². The maximum absolute atomic E-state index is 5.06. The van der Waals surface area contributed by atoms with E-state index in [-0.39, 0.29) is 0 Å². The maximum atomic E-state index is 5.06. The molecule has 0 bridgehead atoms. The second-order valence-corrected chi connectivity index (χ2v) is 3.83. The molecule has 2 rings (SSSR count). The third kappa shape index (κ3) is 3.69.